The molecule has 1 amide bonds. The molecule has 1 aliphatic heterocycles. The lowest BCUT2D eigenvalue weighted by atomic mass is 9.78. The highest BCUT2D eigenvalue weighted by atomic mass is 35.5. The Kier molecular flexibility index (Phi) is 9.59. The summed E-state index contributed by atoms with van der Waals surface area (Å²) >= 11 is 6.71. The molecule has 1 atom stereocenters. The highest BCUT2D eigenvalue weighted by Crippen LogP contribution is 2.34. The summed E-state index contributed by atoms with van der Waals surface area (Å²) < 4.78 is 33.4. The second-order valence-corrected chi connectivity index (χ2v) is 16.0. The molecule has 2 aromatic rings. The van der Waals surface area contributed by atoms with E-state index >= 15 is 0 Å². The normalized spacial score (nSPS) is 15.8. The number of aromatic nitrogens is 1. The van der Waals surface area contributed by atoms with Crippen LogP contribution in [0.3, 0.4) is 0 Å². The average Bonchev–Trinajstić information content (AvgIpc) is 3.29. The first-order valence-electron chi connectivity index (χ1n) is 13.1. The van der Waals surface area contributed by atoms with E-state index in [2.05, 4.69) is 36.5 Å². The van der Waals surface area contributed by atoms with E-state index in [1.54, 1.807) is 6.92 Å². The number of pyridine rings is 1. The molecule has 0 aromatic carbocycles. The van der Waals surface area contributed by atoms with E-state index in [0.29, 0.717) is 48.2 Å². The number of sulfonamides is 1. The third-order valence-electron chi connectivity index (χ3n) is 6.76. The molecule has 2 aromatic heterocycles. The summed E-state index contributed by atoms with van der Waals surface area (Å²) in [5.41, 5.74) is 0.618. The van der Waals surface area contributed by atoms with Crippen LogP contribution in [-0.2, 0) is 19.6 Å². The van der Waals surface area contributed by atoms with Gasteiger partial charge in [-0.15, -0.1) is 11.3 Å². The van der Waals surface area contributed by atoms with Crippen molar-refractivity contribution in [2.24, 2.45) is 16.7 Å². The van der Waals surface area contributed by atoms with E-state index in [0.717, 1.165) is 11.3 Å². The molecule has 0 radical (unpaired) electrons. The number of nitriles is 1. The molecule has 12 heteroatoms. The number of thiophene rings is 1. The van der Waals surface area contributed by atoms with Crippen molar-refractivity contribution >= 4 is 50.7 Å². The molecular weight excluding hydrogens is 572 g/mol. The highest BCUT2D eigenvalue weighted by Gasteiger charge is 2.34. The minimum Gasteiger partial charge on any atom is -0.458 e. The number of aryl methyl sites for hydroxylation is 1. The lowest BCUT2D eigenvalue weighted by Gasteiger charge is -2.35. The SMILES string of the molecule is Cc1nc(N2CCC(C(=O)NS(=O)(=O)c3ccc(Cl)s3)CC2)c(C#N)cc1C(=O)OC(CC(C)(C)C)C(C)(C)C. The topological polar surface area (TPSA) is 129 Å². The third kappa shape index (κ3) is 7.95. The number of hydrogen-bond donors (Lipinski definition) is 1. The first kappa shape index (κ1) is 31.8. The first-order chi connectivity index (χ1) is 18.4. The fraction of sp³-hybridized carbons (Fsp3) is 0.571. The maximum Gasteiger partial charge on any atom is 0.340 e. The van der Waals surface area contributed by atoms with Crippen LogP contribution in [0.25, 0.3) is 0 Å². The van der Waals surface area contributed by atoms with Gasteiger partial charge in [0.1, 0.15) is 22.2 Å². The highest BCUT2D eigenvalue weighted by molar-refractivity contribution is 7.92. The zero-order valence-corrected chi connectivity index (χ0v) is 26.4. The van der Waals surface area contributed by atoms with Crippen LogP contribution in [0.2, 0.25) is 4.34 Å². The summed E-state index contributed by atoms with van der Waals surface area (Å²) in [6.07, 6.45) is 1.11. The second kappa shape index (κ2) is 12.0. The summed E-state index contributed by atoms with van der Waals surface area (Å²) in [4.78, 5) is 32.4. The smallest absolute Gasteiger partial charge is 0.340 e. The third-order valence-corrected chi connectivity index (χ3v) is 9.83. The maximum absolute atomic E-state index is 13.2. The van der Waals surface area contributed by atoms with E-state index in [4.69, 9.17) is 16.3 Å². The zero-order valence-electron chi connectivity index (χ0n) is 24.0. The Labute approximate surface area is 245 Å². The molecule has 1 unspecified atom stereocenters. The molecule has 40 heavy (non-hydrogen) atoms. The van der Waals surface area contributed by atoms with E-state index < -0.39 is 27.8 Å². The van der Waals surface area contributed by atoms with Gasteiger partial charge in [0.15, 0.2) is 0 Å². The molecule has 0 bridgehead atoms. The maximum atomic E-state index is 13.2. The van der Waals surface area contributed by atoms with Gasteiger partial charge in [0.05, 0.1) is 21.2 Å². The molecule has 1 aliphatic rings. The number of nitrogens with one attached hydrogen (secondary N) is 1. The molecule has 1 N–H and O–H groups in total. The van der Waals surface area contributed by atoms with Gasteiger partial charge in [-0.05, 0) is 55.2 Å². The van der Waals surface area contributed by atoms with Crippen molar-refractivity contribution in [3.05, 3.63) is 39.4 Å². The number of piperidine rings is 1. The summed E-state index contributed by atoms with van der Waals surface area (Å²) in [6.45, 7) is 14.9. The number of esters is 1. The van der Waals surface area contributed by atoms with Gasteiger partial charge in [0.25, 0.3) is 10.0 Å². The molecule has 218 valence electrons. The van der Waals surface area contributed by atoms with E-state index in [1.807, 2.05) is 25.7 Å². The Morgan fingerprint density at radius 3 is 2.35 bits per heavy atom. The molecule has 0 spiro atoms. The quantitative estimate of drug-likeness (QED) is 0.396. The van der Waals surface area contributed by atoms with Crippen LogP contribution in [0, 0.1) is 35.0 Å². The Morgan fingerprint density at radius 2 is 1.85 bits per heavy atom. The van der Waals surface area contributed by atoms with Crippen LogP contribution in [0.4, 0.5) is 5.82 Å². The summed E-state index contributed by atoms with van der Waals surface area (Å²) in [6, 6.07) is 6.49. The summed E-state index contributed by atoms with van der Waals surface area (Å²) in [7, 11) is -3.99. The fourth-order valence-corrected chi connectivity index (χ4v) is 6.98. The molecule has 3 heterocycles. The molecule has 1 fully saturated rings. The van der Waals surface area contributed by atoms with Gasteiger partial charge in [-0.2, -0.15) is 5.26 Å². The van der Waals surface area contributed by atoms with Gasteiger partial charge < -0.3 is 9.64 Å². The van der Waals surface area contributed by atoms with Crippen LogP contribution in [0.5, 0.6) is 0 Å². The van der Waals surface area contributed by atoms with Crippen molar-refractivity contribution in [3.8, 4) is 6.07 Å². The summed E-state index contributed by atoms with van der Waals surface area (Å²) in [5, 5.41) is 9.88. The molecular formula is C28H37ClN4O5S2. The van der Waals surface area contributed by atoms with Crippen LogP contribution < -0.4 is 9.62 Å². The van der Waals surface area contributed by atoms with E-state index in [-0.39, 0.29) is 32.3 Å². The standard InChI is InChI=1S/C28H37ClN4O5S2/c1-17-20(26(35)38-21(28(5,6)7)15-27(2,3)4)14-19(16-30)24(31-17)33-12-10-18(11-13-33)25(34)32-40(36,37)23-9-8-22(29)39-23/h8-9,14,18,21H,10-13,15H2,1-7H3,(H,32,34). The number of amides is 1. The monoisotopic (exact) mass is 608 g/mol. The number of nitrogens with zero attached hydrogens (tertiary/aromatic N) is 3. The number of rotatable bonds is 7. The lowest BCUT2D eigenvalue weighted by Crippen LogP contribution is -2.42. The average molecular weight is 609 g/mol. The van der Waals surface area contributed by atoms with Gasteiger partial charge >= 0.3 is 5.97 Å². The van der Waals surface area contributed by atoms with Crippen LogP contribution in [0.1, 0.15) is 82.4 Å². The van der Waals surface area contributed by atoms with Gasteiger partial charge in [-0.3, -0.25) is 4.79 Å². The van der Waals surface area contributed by atoms with Crippen LogP contribution >= 0.6 is 22.9 Å². The lowest BCUT2D eigenvalue weighted by molar-refractivity contribution is -0.123. The van der Waals surface area contributed by atoms with Gasteiger partial charge in [-0.1, -0.05) is 53.1 Å². The molecule has 0 aliphatic carbocycles. The predicted molar refractivity (Wildman–Crippen MR) is 156 cm³/mol. The fourth-order valence-electron chi connectivity index (χ4n) is 4.46. The van der Waals surface area contributed by atoms with Gasteiger partial charge in [0.2, 0.25) is 5.91 Å². The number of halogens is 1. The Bertz CT molecular complexity index is 1410. The number of ether oxygens (including phenoxy) is 1. The predicted octanol–water partition coefficient (Wildman–Crippen LogP) is 5.71. The van der Waals surface area contributed by atoms with Crippen LogP contribution in [0.15, 0.2) is 22.4 Å². The number of carbonyl (C=O) groups excluding carboxylic acids is 2. The van der Waals surface area contributed by atoms with Crippen molar-refractivity contribution in [1.29, 1.82) is 5.26 Å². The van der Waals surface area contributed by atoms with E-state index in [9.17, 15) is 23.3 Å². The number of hydrogen-bond acceptors (Lipinski definition) is 9. The minimum atomic E-state index is -3.99. The van der Waals surface area contributed by atoms with Crippen molar-refractivity contribution < 1.29 is 22.7 Å². The van der Waals surface area contributed by atoms with Crippen molar-refractivity contribution in [3.63, 3.8) is 0 Å². The molecule has 0 saturated carbocycles. The van der Waals surface area contributed by atoms with Crippen molar-refractivity contribution in [2.75, 3.05) is 18.0 Å². The minimum absolute atomic E-state index is 0.0209. The Hall–Kier alpha value is -2.68. The molecule has 9 nitrogen and oxygen atoms in total. The van der Waals surface area contributed by atoms with Crippen molar-refractivity contribution in [2.45, 2.75) is 78.0 Å². The molecule has 1 saturated heterocycles. The first-order valence-corrected chi connectivity index (χ1v) is 15.8. The van der Waals surface area contributed by atoms with Crippen molar-refractivity contribution in [1.82, 2.24) is 9.71 Å². The van der Waals surface area contributed by atoms with Gasteiger partial charge in [0, 0.05) is 19.0 Å². The number of carbonyl (C=O) groups is 2. The summed E-state index contributed by atoms with van der Waals surface area (Å²) in [5.74, 6) is -1.17. The Balaban J connectivity index is 1.72. The van der Waals surface area contributed by atoms with Crippen LogP contribution in [-0.4, -0.2) is 44.5 Å². The Morgan fingerprint density at radius 1 is 1.23 bits per heavy atom. The van der Waals surface area contributed by atoms with E-state index in [1.165, 1.54) is 18.2 Å². The second-order valence-electron chi connectivity index (χ2n) is 12.4. The number of anilines is 1. The largest absolute Gasteiger partial charge is 0.458 e. The van der Waals surface area contributed by atoms with Gasteiger partial charge in [-0.25, -0.2) is 22.9 Å². The zero-order chi connectivity index (χ0) is 30.0. The molecule has 3 rings (SSSR count).